The van der Waals surface area contributed by atoms with Crippen LogP contribution in [0.2, 0.25) is 0 Å². The normalized spacial score (nSPS) is 12.1. The van der Waals surface area contributed by atoms with E-state index in [-0.39, 0.29) is 5.96 Å². The summed E-state index contributed by atoms with van der Waals surface area (Å²) < 4.78 is 0. The average molecular weight is 267 g/mol. The van der Waals surface area contributed by atoms with Gasteiger partial charge in [0.15, 0.2) is 0 Å². The van der Waals surface area contributed by atoms with Crippen LogP contribution in [0.3, 0.4) is 0 Å². The zero-order chi connectivity index (χ0) is 14.0. The summed E-state index contributed by atoms with van der Waals surface area (Å²) >= 11 is 0. The first-order chi connectivity index (χ1) is 9.84. The number of hydrazone groups is 1. The molecule has 2 rings (SSSR count). The van der Waals surface area contributed by atoms with Gasteiger partial charge in [-0.05, 0) is 24.3 Å². The van der Waals surface area contributed by atoms with Crippen molar-refractivity contribution in [2.24, 2.45) is 21.0 Å². The highest BCUT2D eigenvalue weighted by Crippen LogP contribution is 1.89. The van der Waals surface area contributed by atoms with E-state index in [1.54, 1.807) is 12.4 Å². The van der Waals surface area contributed by atoms with Crippen molar-refractivity contribution in [1.29, 1.82) is 0 Å². The largest absolute Gasteiger partial charge is 0.367 e. The second-order valence-corrected chi connectivity index (χ2v) is 3.61. The number of hydrogen-bond acceptors (Lipinski definition) is 5. The van der Waals surface area contributed by atoms with E-state index in [1.807, 2.05) is 36.4 Å². The highest BCUT2D eigenvalue weighted by Gasteiger charge is 1.88. The Morgan fingerprint density at radius 2 is 1.65 bits per heavy atom. The maximum atomic E-state index is 5.57. The predicted octanol–water partition coefficient (Wildman–Crippen LogP) is 0.749. The lowest BCUT2D eigenvalue weighted by molar-refractivity contribution is 0.991. The number of pyridine rings is 2. The van der Waals surface area contributed by atoms with Crippen molar-refractivity contribution in [2.75, 3.05) is 0 Å². The van der Waals surface area contributed by atoms with Gasteiger partial charge in [-0.2, -0.15) is 10.2 Å². The van der Waals surface area contributed by atoms with Crippen LogP contribution in [0.1, 0.15) is 11.4 Å². The van der Waals surface area contributed by atoms with E-state index in [1.165, 1.54) is 12.4 Å². The standard InChI is InChI=1S/C13H13N7/c14-13(19-17-9-11-5-1-3-7-15-11)20-18-10-12-6-2-4-8-16-12/h1-10H,(H3,14,19,20). The molecule has 0 saturated carbocycles. The number of nitrogens with one attached hydrogen (secondary N) is 1. The molecule has 0 atom stereocenters. The molecule has 0 aliphatic rings. The second-order valence-electron chi connectivity index (χ2n) is 3.61. The molecule has 0 aromatic carbocycles. The number of nitrogens with two attached hydrogens (primary N) is 1. The number of guanidine groups is 1. The Bertz CT molecular complexity index is 605. The quantitative estimate of drug-likeness (QED) is 0.485. The van der Waals surface area contributed by atoms with Crippen molar-refractivity contribution in [3.63, 3.8) is 0 Å². The number of hydrogen-bond donors (Lipinski definition) is 2. The lowest BCUT2D eigenvalue weighted by atomic mass is 10.4. The van der Waals surface area contributed by atoms with Crippen LogP contribution in [0.4, 0.5) is 0 Å². The number of rotatable bonds is 4. The summed E-state index contributed by atoms with van der Waals surface area (Å²) in [5, 5.41) is 11.4. The van der Waals surface area contributed by atoms with Crippen molar-refractivity contribution in [3.8, 4) is 0 Å². The molecule has 0 amide bonds. The number of aromatic nitrogens is 2. The summed E-state index contributed by atoms with van der Waals surface area (Å²) in [6, 6.07) is 11.0. The lowest BCUT2D eigenvalue weighted by Gasteiger charge is -1.95. The molecule has 0 aliphatic carbocycles. The fraction of sp³-hybridized carbons (Fsp3) is 0. The molecule has 0 bridgehead atoms. The van der Waals surface area contributed by atoms with Gasteiger partial charge in [0.25, 0.3) is 0 Å². The molecular formula is C13H13N7. The molecule has 3 N–H and O–H groups in total. The molecule has 2 aromatic heterocycles. The monoisotopic (exact) mass is 267 g/mol. The molecule has 0 spiro atoms. The molecular weight excluding hydrogens is 254 g/mol. The molecule has 0 unspecified atom stereocenters. The van der Waals surface area contributed by atoms with Gasteiger partial charge >= 0.3 is 0 Å². The van der Waals surface area contributed by atoms with Crippen LogP contribution in [0.15, 0.2) is 64.1 Å². The second kappa shape index (κ2) is 7.37. The minimum absolute atomic E-state index is 0.0735. The number of nitrogens with zero attached hydrogens (tertiary/aromatic N) is 5. The summed E-state index contributed by atoms with van der Waals surface area (Å²) in [6.07, 6.45) is 6.38. The highest BCUT2D eigenvalue weighted by atomic mass is 15.4. The third-order valence-corrected chi connectivity index (χ3v) is 2.11. The van der Waals surface area contributed by atoms with Crippen molar-refractivity contribution < 1.29 is 0 Å². The summed E-state index contributed by atoms with van der Waals surface area (Å²) in [5.74, 6) is 0.0735. The first-order valence-corrected chi connectivity index (χ1v) is 5.82. The van der Waals surface area contributed by atoms with Crippen LogP contribution in [0.25, 0.3) is 0 Å². The van der Waals surface area contributed by atoms with E-state index >= 15 is 0 Å². The first-order valence-electron chi connectivity index (χ1n) is 5.82. The van der Waals surface area contributed by atoms with Gasteiger partial charge in [0.05, 0.1) is 23.8 Å². The van der Waals surface area contributed by atoms with Crippen LogP contribution in [-0.2, 0) is 0 Å². The third kappa shape index (κ3) is 4.65. The van der Waals surface area contributed by atoms with Crippen molar-refractivity contribution in [3.05, 3.63) is 60.2 Å². The van der Waals surface area contributed by atoms with Crippen LogP contribution in [0, 0.1) is 0 Å². The topological polar surface area (TPSA) is 101 Å². The van der Waals surface area contributed by atoms with Crippen LogP contribution >= 0.6 is 0 Å². The Hall–Kier alpha value is -3.09. The van der Waals surface area contributed by atoms with E-state index < -0.39 is 0 Å². The Labute approximate surface area is 116 Å². The van der Waals surface area contributed by atoms with Crippen molar-refractivity contribution in [1.82, 2.24) is 15.4 Å². The van der Waals surface area contributed by atoms with Gasteiger partial charge in [-0.15, -0.1) is 5.10 Å². The van der Waals surface area contributed by atoms with E-state index in [2.05, 4.69) is 30.7 Å². The van der Waals surface area contributed by atoms with Gasteiger partial charge in [0.2, 0.25) is 5.96 Å². The van der Waals surface area contributed by atoms with Crippen LogP contribution in [-0.4, -0.2) is 28.4 Å². The lowest BCUT2D eigenvalue weighted by Crippen LogP contribution is -2.26. The van der Waals surface area contributed by atoms with Crippen LogP contribution < -0.4 is 11.2 Å². The van der Waals surface area contributed by atoms with Gasteiger partial charge in [0.1, 0.15) is 0 Å². The predicted molar refractivity (Wildman–Crippen MR) is 78.4 cm³/mol. The van der Waals surface area contributed by atoms with Crippen molar-refractivity contribution in [2.45, 2.75) is 0 Å². The fourth-order valence-corrected chi connectivity index (χ4v) is 1.24. The molecule has 0 aliphatic heterocycles. The Kier molecular flexibility index (Phi) is 4.92. The minimum Gasteiger partial charge on any atom is -0.367 e. The summed E-state index contributed by atoms with van der Waals surface area (Å²) in [7, 11) is 0. The van der Waals surface area contributed by atoms with Gasteiger partial charge in [0, 0.05) is 12.4 Å². The maximum Gasteiger partial charge on any atom is 0.234 e. The zero-order valence-corrected chi connectivity index (χ0v) is 10.6. The maximum absolute atomic E-state index is 5.57. The van der Waals surface area contributed by atoms with E-state index in [9.17, 15) is 0 Å². The average Bonchev–Trinajstić information content (AvgIpc) is 2.49. The Morgan fingerprint density at radius 1 is 1.00 bits per heavy atom. The van der Waals surface area contributed by atoms with Crippen molar-refractivity contribution >= 4 is 18.4 Å². The first kappa shape index (κ1) is 13.3. The highest BCUT2D eigenvalue weighted by molar-refractivity contribution is 5.82. The molecule has 7 heteroatoms. The van der Waals surface area contributed by atoms with E-state index in [0.29, 0.717) is 11.4 Å². The molecule has 2 aromatic rings. The molecule has 0 fully saturated rings. The molecule has 2 heterocycles. The third-order valence-electron chi connectivity index (χ3n) is 2.11. The Balaban J connectivity index is 1.86. The minimum atomic E-state index is 0.0735. The van der Waals surface area contributed by atoms with E-state index in [4.69, 9.17) is 5.73 Å². The summed E-state index contributed by atoms with van der Waals surface area (Å²) in [5.41, 5.74) is 9.52. The molecule has 20 heavy (non-hydrogen) atoms. The van der Waals surface area contributed by atoms with Gasteiger partial charge in [-0.1, -0.05) is 12.1 Å². The van der Waals surface area contributed by atoms with E-state index in [0.717, 1.165) is 0 Å². The Morgan fingerprint density at radius 3 is 2.25 bits per heavy atom. The zero-order valence-electron chi connectivity index (χ0n) is 10.6. The smallest absolute Gasteiger partial charge is 0.234 e. The molecule has 0 radical (unpaired) electrons. The molecule has 100 valence electrons. The van der Waals surface area contributed by atoms with Gasteiger partial charge in [-0.3, -0.25) is 9.97 Å². The molecule has 0 saturated heterocycles. The van der Waals surface area contributed by atoms with Gasteiger partial charge < -0.3 is 5.73 Å². The summed E-state index contributed by atoms with van der Waals surface area (Å²) in [6.45, 7) is 0. The van der Waals surface area contributed by atoms with Gasteiger partial charge in [-0.25, -0.2) is 5.43 Å². The molecule has 7 nitrogen and oxygen atoms in total. The SMILES string of the molecule is NC(=NN=Cc1ccccn1)NN=Cc1ccccn1. The fourth-order valence-electron chi connectivity index (χ4n) is 1.24. The van der Waals surface area contributed by atoms with Crippen LogP contribution in [0.5, 0.6) is 0 Å². The summed E-state index contributed by atoms with van der Waals surface area (Å²) in [4.78, 5) is 8.13.